The van der Waals surface area contributed by atoms with Crippen molar-refractivity contribution < 1.29 is 4.74 Å². The molecule has 1 saturated carbocycles. The van der Waals surface area contributed by atoms with Crippen molar-refractivity contribution in [1.29, 1.82) is 0 Å². The van der Waals surface area contributed by atoms with Crippen LogP contribution in [0.3, 0.4) is 0 Å². The largest absolute Gasteiger partial charge is 0.497 e. The number of methoxy groups -OCH3 is 1. The fourth-order valence-electron chi connectivity index (χ4n) is 3.47. The Kier molecular flexibility index (Phi) is 2.21. The van der Waals surface area contributed by atoms with E-state index < -0.39 is 0 Å². The number of hydrogen-bond donors (Lipinski definition) is 1. The molecule has 1 atom stereocenters. The van der Waals surface area contributed by atoms with Crippen molar-refractivity contribution in [3.05, 3.63) is 29.3 Å². The van der Waals surface area contributed by atoms with Crippen LogP contribution in [0.25, 0.3) is 0 Å². The Hall–Kier alpha value is -1.02. The SMILES string of the molecule is COc1ccc2c(c1)C(CN)CC21CCC1. The molecule has 0 bridgehead atoms. The third-order valence-corrected chi connectivity index (χ3v) is 4.50. The van der Waals surface area contributed by atoms with Crippen LogP contribution >= 0.6 is 0 Å². The smallest absolute Gasteiger partial charge is 0.119 e. The molecule has 2 nitrogen and oxygen atoms in total. The molecule has 2 N–H and O–H groups in total. The van der Waals surface area contributed by atoms with Gasteiger partial charge in [-0.05, 0) is 60.4 Å². The minimum absolute atomic E-state index is 0.478. The minimum atomic E-state index is 0.478. The fourth-order valence-corrected chi connectivity index (χ4v) is 3.47. The molecular weight excluding hydrogens is 198 g/mol. The number of benzene rings is 1. The van der Waals surface area contributed by atoms with E-state index in [0.29, 0.717) is 11.3 Å². The summed E-state index contributed by atoms with van der Waals surface area (Å²) < 4.78 is 5.31. The summed E-state index contributed by atoms with van der Waals surface area (Å²) in [5.74, 6) is 1.51. The molecule has 1 aromatic carbocycles. The van der Waals surface area contributed by atoms with Crippen LogP contribution in [0.1, 0.15) is 42.7 Å². The Bertz CT molecular complexity index is 409. The standard InChI is InChI=1S/C14H19NO/c1-16-11-3-4-13-12(7-11)10(9-15)8-14(13)5-2-6-14/h3-4,7,10H,2,5-6,8-9,15H2,1H3. The zero-order chi connectivity index (χ0) is 11.2. The van der Waals surface area contributed by atoms with Gasteiger partial charge in [0, 0.05) is 0 Å². The van der Waals surface area contributed by atoms with Gasteiger partial charge in [0.15, 0.2) is 0 Å². The Morgan fingerprint density at radius 2 is 2.25 bits per heavy atom. The average Bonchev–Trinajstić information content (AvgIpc) is 2.62. The third kappa shape index (κ3) is 1.23. The lowest BCUT2D eigenvalue weighted by Gasteiger charge is -2.39. The monoisotopic (exact) mass is 217 g/mol. The van der Waals surface area contributed by atoms with E-state index in [0.717, 1.165) is 12.3 Å². The Balaban J connectivity index is 2.07. The van der Waals surface area contributed by atoms with Gasteiger partial charge in [-0.2, -0.15) is 0 Å². The second-order valence-electron chi connectivity index (χ2n) is 5.22. The van der Waals surface area contributed by atoms with Crippen LogP contribution in [-0.2, 0) is 5.41 Å². The normalized spacial score (nSPS) is 25.2. The zero-order valence-electron chi connectivity index (χ0n) is 9.83. The Morgan fingerprint density at radius 1 is 1.44 bits per heavy atom. The van der Waals surface area contributed by atoms with E-state index >= 15 is 0 Å². The maximum absolute atomic E-state index is 5.90. The topological polar surface area (TPSA) is 35.2 Å². The van der Waals surface area contributed by atoms with Crippen LogP contribution in [-0.4, -0.2) is 13.7 Å². The molecule has 2 aliphatic rings. The highest BCUT2D eigenvalue weighted by molar-refractivity contribution is 5.48. The molecule has 1 aromatic rings. The molecule has 0 aromatic heterocycles. The maximum atomic E-state index is 5.90. The second kappa shape index (κ2) is 3.49. The van der Waals surface area contributed by atoms with Crippen molar-refractivity contribution in [3.63, 3.8) is 0 Å². The molecule has 0 amide bonds. The quantitative estimate of drug-likeness (QED) is 0.826. The van der Waals surface area contributed by atoms with E-state index in [9.17, 15) is 0 Å². The summed E-state index contributed by atoms with van der Waals surface area (Å²) in [4.78, 5) is 0. The number of fused-ring (bicyclic) bond motifs is 2. The summed E-state index contributed by atoms with van der Waals surface area (Å²) in [6.07, 6.45) is 5.33. The molecule has 1 fully saturated rings. The second-order valence-corrected chi connectivity index (χ2v) is 5.22. The van der Waals surface area contributed by atoms with Gasteiger partial charge in [-0.1, -0.05) is 12.5 Å². The molecule has 2 aliphatic carbocycles. The van der Waals surface area contributed by atoms with Gasteiger partial charge in [-0.3, -0.25) is 0 Å². The van der Waals surface area contributed by atoms with E-state index in [1.165, 1.54) is 31.2 Å². The lowest BCUT2D eigenvalue weighted by atomic mass is 9.65. The maximum Gasteiger partial charge on any atom is 0.119 e. The molecule has 1 unspecified atom stereocenters. The molecule has 1 spiro atoms. The predicted molar refractivity (Wildman–Crippen MR) is 64.9 cm³/mol. The van der Waals surface area contributed by atoms with Crippen LogP contribution in [0.15, 0.2) is 18.2 Å². The summed E-state index contributed by atoms with van der Waals surface area (Å²) >= 11 is 0. The number of ether oxygens (including phenoxy) is 1. The molecule has 0 heterocycles. The molecule has 0 saturated heterocycles. The Labute approximate surface area is 96.8 Å². The lowest BCUT2D eigenvalue weighted by molar-refractivity contribution is 0.233. The molecule has 16 heavy (non-hydrogen) atoms. The van der Waals surface area contributed by atoms with E-state index in [4.69, 9.17) is 10.5 Å². The highest BCUT2D eigenvalue weighted by Gasteiger charge is 2.47. The third-order valence-electron chi connectivity index (χ3n) is 4.50. The van der Waals surface area contributed by atoms with Crippen molar-refractivity contribution in [1.82, 2.24) is 0 Å². The first-order chi connectivity index (χ1) is 7.79. The van der Waals surface area contributed by atoms with Gasteiger partial charge in [0.25, 0.3) is 0 Å². The van der Waals surface area contributed by atoms with E-state index in [-0.39, 0.29) is 0 Å². The summed E-state index contributed by atoms with van der Waals surface area (Å²) in [6.45, 7) is 0.766. The first-order valence-corrected chi connectivity index (χ1v) is 6.17. The predicted octanol–water partition coefficient (Wildman–Crippen LogP) is 2.56. The molecule has 2 heteroatoms. The van der Waals surface area contributed by atoms with Crippen LogP contribution < -0.4 is 10.5 Å². The van der Waals surface area contributed by atoms with Crippen LogP contribution in [0, 0.1) is 0 Å². The molecule has 86 valence electrons. The van der Waals surface area contributed by atoms with Gasteiger partial charge >= 0.3 is 0 Å². The lowest BCUT2D eigenvalue weighted by Crippen LogP contribution is -2.32. The van der Waals surface area contributed by atoms with Crippen LogP contribution in [0.5, 0.6) is 5.75 Å². The van der Waals surface area contributed by atoms with Gasteiger partial charge in [-0.15, -0.1) is 0 Å². The van der Waals surface area contributed by atoms with E-state index in [1.54, 1.807) is 12.7 Å². The van der Waals surface area contributed by atoms with E-state index in [2.05, 4.69) is 18.2 Å². The summed E-state index contributed by atoms with van der Waals surface area (Å²) in [6, 6.07) is 6.56. The highest BCUT2D eigenvalue weighted by atomic mass is 16.5. The number of rotatable bonds is 2. The van der Waals surface area contributed by atoms with Gasteiger partial charge in [-0.25, -0.2) is 0 Å². The molecule has 0 aliphatic heterocycles. The van der Waals surface area contributed by atoms with Crippen molar-refractivity contribution in [2.24, 2.45) is 5.73 Å². The van der Waals surface area contributed by atoms with Crippen molar-refractivity contribution in [2.75, 3.05) is 13.7 Å². The zero-order valence-corrected chi connectivity index (χ0v) is 9.83. The van der Waals surface area contributed by atoms with Gasteiger partial charge < -0.3 is 10.5 Å². The van der Waals surface area contributed by atoms with Crippen molar-refractivity contribution in [3.8, 4) is 5.75 Å². The van der Waals surface area contributed by atoms with Crippen LogP contribution in [0.4, 0.5) is 0 Å². The summed E-state index contributed by atoms with van der Waals surface area (Å²) in [7, 11) is 1.73. The first kappa shape index (κ1) is 10.2. The van der Waals surface area contributed by atoms with Gasteiger partial charge in [0.1, 0.15) is 5.75 Å². The minimum Gasteiger partial charge on any atom is -0.497 e. The highest BCUT2D eigenvalue weighted by Crippen LogP contribution is 2.56. The summed E-state index contributed by atoms with van der Waals surface area (Å²) in [5, 5.41) is 0. The number of hydrogen-bond acceptors (Lipinski definition) is 2. The van der Waals surface area contributed by atoms with Crippen LogP contribution in [0.2, 0.25) is 0 Å². The first-order valence-electron chi connectivity index (χ1n) is 6.17. The fraction of sp³-hybridized carbons (Fsp3) is 0.571. The van der Waals surface area contributed by atoms with Gasteiger partial charge in [0.2, 0.25) is 0 Å². The Morgan fingerprint density at radius 3 is 2.81 bits per heavy atom. The van der Waals surface area contributed by atoms with E-state index in [1.807, 2.05) is 0 Å². The molecule has 3 rings (SSSR count). The number of nitrogens with two attached hydrogens (primary N) is 1. The molecular formula is C14H19NO. The summed E-state index contributed by atoms with van der Waals surface area (Å²) in [5.41, 5.74) is 9.37. The molecule has 0 radical (unpaired) electrons. The average molecular weight is 217 g/mol. The van der Waals surface area contributed by atoms with Crippen molar-refractivity contribution >= 4 is 0 Å². The van der Waals surface area contributed by atoms with Crippen molar-refractivity contribution in [2.45, 2.75) is 37.0 Å². The van der Waals surface area contributed by atoms with Gasteiger partial charge in [0.05, 0.1) is 7.11 Å².